The number of nitrogens with one attached hydrogen (secondary N) is 1. The molecule has 4 rings (SSSR count). The van der Waals surface area contributed by atoms with Gasteiger partial charge < -0.3 is 19.2 Å². The van der Waals surface area contributed by atoms with Crippen molar-refractivity contribution in [1.29, 1.82) is 0 Å². The van der Waals surface area contributed by atoms with Crippen molar-refractivity contribution in [3.63, 3.8) is 0 Å². The first kappa shape index (κ1) is 21.2. The van der Waals surface area contributed by atoms with Gasteiger partial charge >= 0.3 is 0 Å². The Morgan fingerprint density at radius 1 is 1.31 bits per heavy atom. The van der Waals surface area contributed by atoms with Crippen molar-refractivity contribution >= 4 is 42.5 Å². The van der Waals surface area contributed by atoms with Gasteiger partial charge in [-0.05, 0) is 37.9 Å². The van der Waals surface area contributed by atoms with Gasteiger partial charge in [-0.3, -0.25) is 4.79 Å². The van der Waals surface area contributed by atoms with Crippen LogP contribution in [0.5, 0.6) is 0 Å². The van der Waals surface area contributed by atoms with Crippen LogP contribution in [0.1, 0.15) is 35.6 Å². The van der Waals surface area contributed by atoms with Crippen molar-refractivity contribution in [3.8, 4) is 0 Å². The summed E-state index contributed by atoms with van der Waals surface area (Å²) in [5.74, 6) is 1.99. The molecule has 2 bridgehead atoms. The summed E-state index contributed by atoms with van der Waals surface area (Å²) < 4.78 is 7.81. The first-order valence-electron chi connectivity index (χ1n) is 8.44. The summed E-state index contributed by atoms with van der Waals surface area (Å²) in [5, 5.41) is 4.36. The molecular weight excluding hydrogens is 395 g/mol. The number of carbonyl (C=O) groups is 1. The maximum Gasteiger partial charge on any atom is 0.290 e. The third-order valence-electron chi connectivity index (χ3n) is 4.88. The molecule has 2 aliphatic heterocycles. The minimum atomic E-state index is 0. The van der Waals surface area contributed by atoms with Crippen LogP contribution >= 0.6 is 36.6 Å². The number of hydrogen-bond acceptors (Lipinski definition) is 5. The highest BCUT2D eigenvalue weighted by molar-refractivity contribution is 7.98. The second kappa shape index (κ2) is 9.17. The first-order valence-corrected chi connectivity index (χ1v) is 9.43. The van der Waals surface area contributed by atoms with Crippen LogP contribution in [-0.4, -0.2) is 45.5 Å². The molecule has 2 atom stereocenters. The Balaban J connectivity index is 0.00000121. The second-order valence-electron chi connectivity index (χ2n) is 6.47. The lowest BCUT2D eigenvalue weighted by atomic mass is 10.1. The number of hydrogen-bond donors (Lipinski definition) is 1. The number of carbonyl (C=O) groups excluding carboxylic acids is 1. The number of halogens is 2. The zero-order valence-corrected chi connectivity index (χ0v) is 17.0. The van der Waals surface area contributed by atoms with Gasteiger partial charge in [0.15, 0.2) is 10.9 Å². The van der Waals surface area contributed by atoms with Crippen LogP contribution in [0.4, 0.5) is 0 Å². The summed E-state index contributed by atoms with van der Waals surface area (Å²) in [6.45, 7) is 1.89. The maximum atomic E-state index is 12.9. The summed E-state index contributed by atoms with van der Waals surface area (Å²) in [7, 11) is 1.97. The van der Waals surface area contributed by atoms with E-state index < -0.39 is 0 Å². The molecule has 9 heteroatoms. The Kier molecular flexibility index (Phi) is 7.46. The normalized spacial score (nSPS) is 21.7. The van der Waals surface area contributed by atoms with E-state index in [0.717, 1.165) is 43.3 Å². The van der Waals surface area contributed by atoms with E-state index in [1.165, 1.54) is 0 Å². The number of imidazole rings is 1. The van der Waals surface area contributed by atoms with Gasteiger partial charge in [-0.1, -0.05) is 11.8 Å². The van der Waals surface area contributed by atoms with E-state index in [2.05, 4.69) is 15.2 Å². The van der Waals surface area contributed by atoms with Crippen LogP contribution in [-0.2, 0) is 12.8 Å². The van der Waals surface area contributed by atoms with E-state index in [1.807, 2.05) is 29.9 Å². The van der Waals surface area contributed by atoms with E-state index in [0.29, 0.717) is 23.6 Å². The molecule has 2 fully saturated rings. The quantitative estimate of drug-likeness (QED) is 0.772. The molecule has 2 aromatic heterocycles. The fraction of sp³-hybridized carbons (Fsp3) is 0.529. The summed E-state index contributed by atoms with van der Waals surface area (Å²) in [4.78, 5) is 19.2. The van der Waals surface area contributed by atoms with Crippen molar-refractivity contribution in [1.82, 2.24) is 19.8 Å². The van der Waals surface area contributed by atoms with Gasteiger partial charge in [-0.25, -0.2) is 4.98 Å². The van der Waals surface area contributed by atoms with E-state index >= 15 is 0 Å². The van der Waals surface area contributed by atoms with Crippen molar-refractivity contribution in [2.45, 2.75) is 42.3 Å². The molecule has 4 heterocycles. The molecule has 0 saturated carbocycles. The fourth-order valence-corrected chi connectivity index (χ4v) is 4.46. The molecule has 1 amide bonds. The zero-order chi connectivity index (χ0) is 16.5. The molecule has 1 N–H and O–H groups in total. The number of furan rings is 1. The third-order valence-corrected chi connectivity index (χ3v) is 5.96. The fourth-order valence-electron chi connectivity index (χ4n) is 3.64. The van der Waals surface area contributed by atoms with Gasteiger partial charge in [0, 0.05) is 38.1 Å². The van der Waals surface area contributed by atoms with Crippen LogP contribution in [0.3, 0.4) is 0 Å². The molecule has 0 aliphatic carbocycles. The monoisotopic (exact) mass is 418 g/mol. The molecule has 2 saturated heterocycles. The summed E-state index contributed by atoms with van der Waals surface area (Å²) in [6.07, 6.45) is 6.93. The SMILES string of the molecule is Cl.Cl.Cn1ccnc1SCc1ccc(C(=O)N2C3CCNCC2CC3)o1. The molecule has 0 radical (unpaired) electrons. The van der Waals surface area contributed by atoms with E-state index in [4.69, 9.17) is 4.42 Å². The number of aryl methyl sites for hydroxylation is 1. The topological polar surface area (TPSA) is 63.3 Å². The van der Waals surface area contributed by atoms with Crippen LogP contribution < -0.4 is 5.32 Å². The van der Waals surface area contributed by atoms with Crippen LogP contribution in [0.25, 0.3) is 0 Å². The van der Waals surface area contributed by atoms with Crippen molar-refractivity contribution in [3.05, 3.63) is 36.0 Å². The molecule has 2 unspecified atom stereocenters. The van der Waals surface area contributed by atoms with Crippen molar-refractivity contribution in [2.75, 3.05) is 13.1 Å². The average Bonchev–Trinajstić information content (AvgIpc) is 3.24. The number of aromatic nitrogens is 2. The summed E-state index contributed by atoms with van der Waals surface area (Å²) in [6, 6.07) is 4.38. The number of nitrogens with zero attached hydrogens (tertiary/aromatic N) is 3. The molecule has 144 valence electrons. The van der Waals surface area contributed by atoms with Crippen molar-refractivity contribution < 1.29 is 9.21 Å². The number of amides is 1. The number of thioether (sulfide) groups is 1. The Bertz CT molecular complexity index is 722. The van der Waals surface area contributed by atoms with Crippen LogP contribution in [0.15, 0.2) is 34.1 Å². The molecule has 6 nitrogen and oxygen atoms in total. The summed E-state index contributed by atoms with van der Waals surface area (Å²) >= 11 is 1.61. The largest absolute Gasteiger partial charge is 0.455 e. The number of rotatable bonds is 4. The molecular formula is C17H24Cl2N4O2S. The Morgan fingerprint density at radius 2 is 2.12 bits per heavy atom. The van der Waals surface area contributed by atoms with Crippen molar-refractivity contribution in [2.24, 2.45) is 7.05 Å². The Labute approximate surface area is 169 Å². The zero-order valence-electron chi connectivity index (χ0n) is 14.6. The Morgan fingerprint density at radius 3 is 2.88 bits per heavy atom. The second-order valence-corrected chi connectivity index (χ2v) is 7.41. The first-order chi connectivity index (χ1) is 11.7. The average molecular weight is 419 g/mol. The van der Waals surface area contributed by atoms with E-state index in [-0.39, 0.29) is 30.7 Å². The molecule has 0 spiro atoms. The highest BCUT2D eigenvalue weighted by atomic mass is 35.5. The lowest BCUT2D eigenvalue weighted by Crippen LogP contribution is -2.42. The van der Waals surface area contributed by atoms with Gasteiger partial charge in [0.1, 0.15) is 5.76 Å². The molecule has 2 aliphatic rings. The van der Waals surface area contributed by atoms with Crippen LogP contribution in [0, 0.1) is 0 Å². The maximum absolute atomic E-state index is 12.9. The minimum Gasteiger partial charge on any atom is -0.455 e. The van der Waals surface area contributed by atoms with Gasteiger partial charge in [-0.2, -0.15) is 0 Å². The highest BCUT2D eigenvalue weighted by Gasteiger charge is 2.39. The predicted octanol–water partition coefficient (Wildman–Crippen LogP) is 3.12. The third kappa shape index (κ3) is 4.22. The smallest absolute Gasteiger partial charge is 0.290 e. The Hall–Kier alpha value is -1.15. The number of fused-ring (bicyclic) bond motifs is 2. The van der Waals surface area contributed by atoms with Gasteiger partial charge in [0.25, 0.3) is 5.91 Å². The molecule has 2 aromatic rings. The molecule has 26 heavy (non-hydrogen) atoms. The van der Waals surface area contributed by atoms with Gasteiger partial charge in [-0.15, -0.1) is 24.8 Å². The van der Waals surface area contributed by atoms with Gasteiger partial charge in [0.2, 0.25) is 0 Å². The van der Waals surface area contributed by atoms with E-state index in [9.17, 15) is 4.79 Å². The predicted molar refractivity (Wildman–Crippen MR) is 106 cm³/mol. The van der Waals surface area contributed by atoms with Crippen LogP contribution in [0.2, 0.25) is 0 Å². The molecule has 0 aromatic carbocycles. The lowest BCUT2D eigenvalue weighted by molar-refractivity contribution is 0.0646. The minimum absolute atomic E-state index is 0. The highest BCUT2D eigenvalue weighted by Crippen LogP contribution is 2.30. The lowest BCUT2D eigenvalue weighted by Gasteiger charge is -2.26. The standard InChI is InChI=1S/C17H22N4O2S.2ClH/c1-20-9-8-19-17(20)24-11-14-4-5-15(23-14)16(22)21-12-2-3-13(21)10-18-7-6-12;;/h4-5,8-9,12-13,18H,2-3,6-7,10-11H2,1H3;2*1H. The van der Waals surface area contributed by atoms with Gasteiger partial charge in [0.05, 0.1) is 5.75 Å². The summed E-state index contributed by atoms with van der Waals surface area (Å²) in [5.41, 5.74) is 0. The van der Waals surface area contributed by atoms with E-state index in [1.54, 1.807) is 18.0 Å².